The average Bonchev–Trinajstić information content (AvgIpc) is 2.84. The van der Waals surface area contributed by atoms with Gasteiger partial charge in [-0.25, -0.2) is 27.2 Å². The number of rotatable bonds is 11. The van der Waals surface area contributed by atoms with Gasteiger partial charge in [0.2, 0.25) is 10.0 Å². The lowest BCUT2D eigenvalue weighted by Crippen LogP contribution is -2.31. The molecule has 0 aliphatic rings. The number of halogens is 3. The zero-order chi connectivity index (χ0) is 26.5. The first kappa shape index (κ1) is 27.6. The number of nitrogens with one attached hydrogen (secondary N) is 1. The van der Waals surface area contributed by atoms with Gasteiger partial charge in [0, 0.05) is 23.4 Å². The Morgan fingerprint density at radius 3 is 2.39 bits per heavy atom. The highest BCUT2D eigenvalue weighted by molar-refractivity contribution is 7.92. The van der Waals surface area contributed by atoms with Gasteiger partial charge in [-0.3, -0.25) is 4.72 Å². The van der Waals surface area contributed by atoms with Gasteiger partial charge in [0.25, 0.3) is 5.88 Å². The summed E-state index contributed by atoms with van der Waals surface area (Å²) >= 11 is 5.92. The van der Waals surface area contributed by atoms with Gasteiger partial charge in [-0.2, -0.15) is 0 Å². The third-order valence-corrected chi connectivity index (χ3v) is 7.22. The van der Waals surface area contributed by atoms with E-state index in [0.29, 0.717) is 23.5 Å². The first-order valence-corrected chi connectivity index (χ1v) is 13.3. The molecule has 0 spiro atoms. The van der Waals surface area contributed by atoms with E-state index in [4.69, 9.17) is 22.1 Å². The molecule has 0 radical (unpaired) electrons. The number of hydrogen-bond acceptors (Lipinski definition) is 7. The van der Waals surface area contributed by atoms with E-state index in [2.05, 4.69) is 14.7 Å². The monoisotopic (exact) mass is 539 g/mol. The molecule has 0 aliphatic carbocycles. The van der Waals surface area contributed by atoms with E-state index in [1.54, 1.807) is 24.3 Å². The minimum Gasteiger partial charge on any atom is -0.467 e. The number of anilines is 2. The van der Waals surface area contributed by atoms with Crippen LogP contribution in [0, 0.1) is 11.6 Å². The van der Waals surface area contributed by atoms with Crippen LogP contribution in [-0.4, -0.2) is 48.7 Å². The van der Waals surface area contributed by atoms with Crippen LogP contribution in [0.4, 0.5) is 20.3 Å². The number of nitrogens with zero attached hydrogens (tertiary/aromatic N) is 3. The van der Waals surface area contributed by atoms with Gasteiger partial charge in [0.05, 0.1) is 22.7 Å². The van der Waals surface area contributed by atoms with Crippen molar-refractivity contribution in [3.05, 3.63) is 64.8 Å². The molecular formula is C24H28ClF2N5O3S. The number of sulfonamides is 1. The maximum absolute atomic E-state index is 14.3. The summed E-state index contributed by atoms with van der Waals surface area (Å²) < 4.78 is 61.1. The fourth-order valence-electron chi connectivity index (χ4n) is 3.48. The van der Waals surface area contributed by atoms with Gasteiger partial charge in [-0.15, -0.1) is 0 Å². The van der Waals surface area contributed by atoms with Gasteiger partial charge >= 0.3 is 0 Å². The number of hydrogen-bond donors (Lipinski definition) is 2. The van der Waals surface area contributed by atoms with E-state index in [1.807, 2.05) is 18.7 Å². The van der Waals surface area contributed by atoms with Gasteiger partial charge in [0.1, 0.15) is 17.7 Å². The molecular weight excluding hydrogens is 512 g/mol. The standard InChI is InChI=1S/C24H28ClF2N5O3S/c1-4-32(5-2)12-13-36(33,34)31-17-8-6-16(7-9-17)20-14-29-23(28)24(30-20)35-15(3)21-18(26)10-11-19(27)22(21)25/h6-11,14-15,31H,4-5,12-13H2,1-3H3,(H2,28,29). The van der Waals surface area contributed by atoms with Crippen LogP contribution in [0.15, 0.2) is 42.6 Å². The topological polar surface area (TPSA) is 110 Å². The molecule has 3 rings (SSSR count). The average molecular weight is 540 g/mol. The number of benzene rings is 2. The van der Waals surface area contributed by atoms with Crippen molar-refractivity contribution >= 4 is 33.1 Å². The van der Waals surface area contributed by atoms with E-state index in [-0.39, 0.29) is 28.0 Å². The third kappa shape index (κ3) is 6.80. The SMILES string of the molecule is CCN(CC)CCS(=O)(=O)Nc1ccc(-c2cnc(N)c(OC(C)c3c(F)ccc(F)c3Cl)n2)cc1. The van der Waals surface area contributed by atoms with Crippen molar-refractivity contribution in [1.29, 1.82) is 0 Å². The van der Waals surface area contributed by atoms with Gasteiger partial charge in [-0.1, -0.05) is 37.6 Å². The summed E-state index contributed by atoms with van der Waals surface area (Å²) in [4.78, 5) is 10.5. The lowest BCUT2D eigenvalue weighted by Gasteiger charge is -2.18. The maximum atomic E-state index is 14.3. The molecule has 1 aromatic heterocycles. The van der Waals surface area contributed by atoms with Crippen molar-refractivity contribution in [1.82, 2.24) is 14.9 Å². The predicted molar refractivity (Wildman–Crippen MR) is 137 cm³/mol. The van der Waals surface area contributed by atoms with E-state index >= 15 is 0 Å². The number of nitrogens with two attached hydrogens (primary N) is 1. The molecule has 0 bridgehead atoms. The normalized spacial score (nSPS) is 12.5. The number of aromatic nitrogens is 2. The maximum Gasteiger partial charge on any atom is 0.258 e. The fraction of sp³-hybridized carbons (Fsp3) is 0.333. The van der Waals surface area contributed by atoms with Crippen LogP contribution in [-0.2, 0) is 10.0 Å². The summed E-state index contributed by atoms with van der Waals surface area (Å²) in [6.07, 6.45) is 0.416. The largest absolute Gasteiger partial charge is 0.467 e. The van der Waals surface area contributed by atoms with E-state index in [0.717, 1.165) is 25.2 Å². The molecule has 0 saturated heterocycles. The molecule has 8 nitrogen and oxygen atoms in total. The van der Waals surface area contributed by atoms with Gasteiger partial charge < -0.3 is 15.4 Å². The highest BCUT2D eigenvalue weighted by atomic mass is 35.5. The lowest BCUT2D eigenvalue weighted by molar-refractivity contribution is 0.213. The summed E-state index contributed by atoms with van der Waals surface area (Å²) in [6, 6.07) is 8.43. The highest BCUT2D eigenvalue weighted by Crippen LogP contribution is 2.33. The molecule has 3 N–H and O–H groups in total. The quantitative estimate of drug-likeness (QED) is 0.334. The van der Waals surface area contributed by atoms with Crippen molar-refractivity contribution in [2.45, 2.75) is 26.9 Å². The summed E-state index contributed by atoms with van der Waals surface area (Å²) in [5.41, 5.74) is 7.12. The molecule has 1 atom stereocenters. The van der Waals surface area contributed by atoms with Crippen LogP contribution in [0.2, 0.25) is 5.02 Å². The van der Waals surface area contributed by atoms with Crippen molar-refractivity contribution in [3.8, 4) is 17.1 Å². The lowest BCUT2D eigenvalue weighted by atomic mass is 10.1. The predicted octanol–water partition coefficient (Wildman–Crippen LogP) is 4.88. The van der Waals surface area contributed by atoms with Crippen LogP contribution in [0.1, 0.15) is 32.4 Å². The zero-order valence-corrected chi connectivity index (χ0v) is 21.7. The van der Waals surface area contributed by atoms with Crippen molar-refractivity contribution in [2.24, 2.45) is 0 Å². The van der Waals surface area contributed by atoms with Gasteiger partial charge in [-0.05, 0) is 44.3 Å². The Bertz CT molecular complexity index is 1310. The van der Waals surface area contributed by atoms with Crippen molar-refractivity contribution in [3.63, 3.8) is 0 Å². The molecule has 2 aromatic carbocycles. The van der Waals surface area contributed by atoms with Crippen molar-refractivity contribution in [2.75, 3.05) is 35.8 Å². The third-order valence-electron chi connectivity index (χ3n) is 5.57. The van der Waals surface area contributed by atoms with Crippen LogP contribution in [0.3, 0.4) is 0 Å². The van der Waals surface area contributed by atoms with E-state index in [1.165, 1.54) is 13.1 Å². The molecule has 36 heavy (non-hydrogen) atoms. The summed E-state index contributed by atoms with van der Waals surface area (Å²) in [5.74, 6) is -1.65. The Hall–Kier alpha value is -3.02. The molecule has 3 aromatic rings. The van der Waals surface area contributed by atoms with Gasteiger partial charge in [0.15, 0.2) is 5.82 Å². The van der Waals surface area contributed by atoms with Crippen LogP contribution >= 0.6 is 11.6 Å². The van der Waals surface area contributed by atoms with Crippen LogP contribution in [0.5, 0.6) is 5.88 Å². The zero-order valence-electron chi connectivity index (χ0n) is 20.1. The first-order chi connectivity index (χ1) is 17.0. The van der Waals surface area contributed by atoms with Crippen LogP contribution in [0.25, 0.3) is 11.3 Å². The Labute approximate surface area is 214 Å². The Balaban J connectivity index is 1.75. The molecule has 1 unspecified atom stereocenters. The Morgan fingerprint density at radius 1 is 1.11 bits per heavy atom. The molecule has 12 heteroatoms. The smallest absolute Gasteiger partial charge is 0.258 e. The van der Waals surface area contributed by atoms with E-state index < -0.39 is 27.8 Å². The minimum absolute atomic E-state index is 0.0192. The number of ether oxygens (including phenoxy) is 1. The second-order valence-corrected chi connectivity index (χ2v) is 10.2. The minimum atomic E-state index is -3.51. The second kappa shape index (κ2) is 11.8. The summed E-state index contributed by atoms with van der Waals surface area (Å²) in [5, 5.41) is -0.389. The van der Waals surface area contributed by atoms with E-state index in [9.17, 15) is 17.2 Å². The van der Waals surface area contributed by atoms with Crippen molar-refractivity contribution < 1.29 is 21.9 Å². The molecule has 0 aliphatic heterocycles. The Kier molecular flexibility index (Phi) is 9.04. The molecule has 0 saturated carbocycles. The highest BCUT2D eigenvalue weighted by Gasteiger charge is 2.22. The molecule has 0 amide bonds. The first-order valence-electron chi connectivity index (χ1n) is 11.3. The fourth-order valence-corrected chi connectivity index (χ4v) is 4.88. The van der Waals surface area contributed by atoms with Crippen LogP contribution < -0.4 is 15.2 Å². The Morgan fingerprint density at radius 2 is 1.75 bits per heavy atom. The second-order valence-electron chi connectivity index (χ2n) is 7.99. The molecule has 1 heterocycles. The molecule has 0 fully saturated rings. The number of nitrogen functional groups attached to an aromatic ring is 1. The molecule has 194 valence electrons. The summed E-state index contributed by atoms with van der Waals surface area (Å²) in [7, 11) is -3.51. The summed E-state index contributed by atoms with van der Waals surface area (Å²) in [6.45, 7) is 7.44.